The molecule has 94 valence electrons. The van der Waals surface area contributed by atoms with Gasteiger partial charge in [-0.15, -0.1) is 0 Å². The fourth-order valence-corrected chi connectivity index (χ4v) is 1.86. The Kier molecular flexibility index (Phi) is 4.00. The van der Waals surface area contributed by atoms with Crippen LogP contribution in [0.2, 0.25) is 0 Å². The number of hydrogen-bond donors (Lipinski definition) is 1. The first-order valence-corrected chi connectivity index (χ1v) is 6.17. The maximum atomic E-state index is 5.81. The first kappa shape index (κ1) is 12.7. The van der Waals surface area contributed by atoms with E-state index in [1.807, 2.05) is 24.3 Å². The second-order valence-electron chi connectivity index (χ2n) is 4.51. The van der Waals surface area contributed by atoms with Gasteiger partial charge in [-0.25, -0.2) is 0 Å². The van der Waals surface area contributed by atoms with Crippen LogP contribution in [0, 0.1) is 13.8 Å². The van der Waals surface area contributed by atoms with Gasteiger partial charge in [0, 0.05) is 6.54 Å². The van der Waals surface area contributed by atoms with E-state index in [2.05, 4.69) is 32.0 Å². The summed E-state index contributed by atoms with van der Waals surface area (Å²) in [5.41, 5.74) is 10.5. The van der Waals surface area contributed by atoms with E-state index in [-0.39, 0.29) is 0 Å². The molecule has 0 saturated carbocycles. The molecule has 0 heterocycles. The largest absolute Gasteiger partial charge is 0.489 e. The third-order valence-corrected chi connectivity index (χ3v) is 3.21. The standard InChI is InChI=1S/C16H19NO/c1-12-7-8-16(9-13(12)2)18-11-15-6-4-3-5-14(15)10-17/h3-9H,10-11,17H2,1-2H3. The average Bonchev–Trinajstić information content (AvgIpc) is 2.40. The Labute approximate surface area is 108 Å². The van der Waals surface area contributed by atoms with Crippen molar-refractivity contribution in [3.05, 3.63) is 64.7 Å². The Hall–Kier alpha value is -1.80. The van der Waals surface area contributed by atoms with Crippen LogP contribution in [0.25, 0.3) is 0 Å². The van der Waals surface area contributed by atoms with Crippen molar-refractivity contribution in [2.75, 3.05) is 0 Å². The van der Waals surface area contributed by atoms with E-state index in [1.54, 1.807) is 0 Å². The minimum absolute atomic E-state index is 0.548. The molecule has 2 rings (SSSR count). The van der Waals surface area contributed by atoms with Gasteiger partial charge < -0.3 is 10.5 Å². The maximum Gasteiger partial charge on any atom is 0.120 e. The smallest absolute Gasteiger partial charge is 0.120 e. The molecule has 2 aromatic carbocycles. The summed E-state index contributed by atoms with van der Waals surface area (Å²) in [5.74, 6) is 0.907. The number of ether oxygens (including phenoxy) is 1. The fourth-order valence-electron chi connectivity index (χ4n) is 1.86. The normalized spacial score (nSPS) is 10.4. The van der Waals surface area contributed by atoms with Gasteiger partial charge in [0.25, 0.3) is 0 Å². The van der Waals surface area contributed by atoms with Crippen molar-refractivity contribution in [2.24, 2.45) is 5.73 Å². The zero-order valence-electron chi connectivity index (χ0n) is 10.9. The maximum absolute atomic E-state index is 5.81. The number of aryl methyl sites for hydroxylation is 2. The van der Waals surface area contributed by atoms with E-state index in [1.165, 1.54) is 11.1 Å². The van der Waals surface area contributed by atoms with E-state index in [0.29, 0.717) is 13.2 Å². The highest BCUT2D eigenvalue weighted by Crippen LogP contribution is 2.18. The van der Waals surface area contributed by atoms with Crippen LogP contribution in [-0.4, -0.2) is 0 Å². The lowest BCUT2D eigenvalue weighted by Gasteiger charge is -2.11. The molecule has 0 atom stereocenters. The molecule has 2 N–H and O–H groups in total. The van der Waals surface area contributed by atoms with Gasteiger partial charge in [-0.05, 0) is 48.2 Å². The number of benzene rings is 2. The van der Waals surface area contributed by atoms with E-state index < -0.39 is 0 Å². The lowest BCUT2D eigenvalue weighted by molar-refractivity contribution is 0.304. The minimum Gasteiger partial charge on any atom is -0.489 e. The first-order valence-electron chi connectivity index (χ1n) is 6.17. The van der Waals surface area contributed by atoms with Gasteiger partial charge in [-0.2, -0.15) is 0 Å². The molecule has 2 aromatic rings. The summed E-state index contributed by atoms with van der Waals surface area (Å²) in [6.45, 7) is 5.31. The summed E-state index contributed by atoms with van der Waals surface area (Å²) in [6, 6.07) is 14.3. The van der Waals surface area contributed by atoms with Crippen molar-refractivity contribution in [3.8, 4) is 5.75 Å². The monoisotopic (exact) mass is 241 g/mol. The minimum atomic E-state index is 0.548. The van der Waals surface area contributed by atoms with Gasteiger partial charge >= 0.3 is 0 Å². The Morgan fingerprint density at radius 1 is 0.944 bits per heavy atom. The van der Waals surface area contributed by atoms with E-state index >= 15 is 0 Å². The Balaban J connectivity index is 2.09. The first-order chi connectivity index (χ1) is 8.70. The molecule has 0 amide bonds. The van der Waals surface area contributed by atoms with Crippen molar-refractivity contribution in [1.29, 1.82) is 0 Å². The summed E-state index contributed by atoms with van der Waals surface area (Å²) in [4.78, 5) is 0. The lowest BCUT2D eigenvalue weighted by atomic mass is 10.1. The molecule has 0 saturated heterocycles. The van der Waals surface area contributed by atoms with Gasteiger partial charge in [0.15, 0.2) is 0 Å². The Morgan fingerprint density at radius 2 is 1.67 bits per heavy atom. The van der Waals surface area contributed by atoms with Gasteiger partial charge in [0.2, 0.25) is 0 Å². The number of hydrogen-bond acceptors (Lipinski definition) is 2. The van der Waals surface area contributed by atoms with E-state index in [0.717, 1.165) is 16.9 Å². The van der Waals surface area contributed by atoms with Crippen LogP contribution in [0.5, 0.6) is 5.75 Å². The van der Waals surface area contributed by atoms with E-state index in [4.69, 9.17) is 10.5 Å². The van der Waals surface area contributed by atoms with Crippen LogP contribution < -0.4 is 10.5 Å². The second kappa shape index (κ2) is 5.69. The summed E-state index contributed by atoms with van der Waals surface area (Å²) in [6.07, 6.45) is 0. The van der Waals surface area contributed by atoms with Crippen molar-refractivity contribution in [3.63, 3.8) is 0 Å². The van der Waals surface area contributed by atoms with Crippen LogP contribution in [-0.2, 0) is 13.2 Å². The predicted octanol–water partition coefficient (Wildman–Crippen LogP) is 3.34. The Bertz CT molecular complexity index is 534. The third-order valence-electron chi connectivity index (χ3n) is 3.21. The van der Waals surface area contributed by atoms with Crippen LogP contribution in [0.15, 0.2) is 42.5 Å². The van der Waals surface area contributed by atoms with Crippen molar-refractivity contribution < 1.29 is 4.74 Å². The molecule has 2 nitrogen and oxygen atoms in total. The highest BCUT2D eigenvalue weighted by atomic mass is 16.5. The molecule has 18 heavy (non-hydrogen) atoms. The fraction of sp³-hybridized carbons (Fsp3) is 0.250. The van der Waals surface area contributed by atoms with Gasteiger partial charge in [0.1, 0.15) is 12.4 Å². The van der Waals surface area contributed by atoms with Crippen LogP contribution >= 0.6 is 0 Å². The topological polar surface area (TPSA) is 35.2 Å². The van der Waals surface area contributed by atoms with Crippen molar-refractivity contribution in [2.45, 2.75) is 27.0 Å². The Morgan fingerprint density at radius 3 is 2.33 bits per heavy atom. The summed E-state index contributed by atoms with van der Waals surface area (Å²) in [5, 5.41) is 0. The van der Waals surface area contributed by atoms with Crippen LogP contribution in [0.4, 0.5) is 0 Å². The number of nitrogens with two attached hydrogens (primary N) is 1. The second-order valence-corrected chi connectivity index (χ2v) is 4.51. The molecule has 0 spiro atoms. The molecule has 0 radical (unpaired) electrons. The lowest BCUT2D eigenvalue weighted by Crippen LogP contribution is -2.04. The molecule has 0 bridgehead atoms. The zero-order chi connectivity index (χ0) is 13.0. The highest BCUT2D eigenvalue weighted by molar-refractivity contribution is 5.34. The van der Waals surface area contributed by atoms with Gasteiger partial charge in [-0.1, -0.05) is 30.3 Å². The van der Waals surface area contributed by atoms with E-state index in [9.17, 15) is 0 Å². The summed E-state index contributed by atoms with van der Waals surface area (Å²) in [7, 11) is 0. The molecule has 0 aromatic heterocycles. The number of rotatable bonds is 4. The van der Waals surface area contributed by atoms with Crippen LogP contribution in [0.1, 0.15) is 22.3 Å². The van der Waals surface area contributed by atoms with Crippen molar-refractivity contribution >= 4 is 0 Å². The molecule has 0 aliphatic rings. The molecule has 0 fully saturated rings. The quantitative estimate of drug-likeness (QED) is 0.891. The van der Waals surface area contributed by atoms with Gasteiger partial charge in [-0.3, -0.25) is 0 Å². The third kappa shape index (κ3) is 2.90. The SMILES string of the molecule is Cc1ccc(OCc2ccccc2CN)cc1C. The highest BCUT2D eigenvalue weighted by Gasteiger charge is 2.02. The van der Waals surface area contributed by atoms with Gasteiger partial charge in [0.05, 0.1) is 0 Å². The molecule has 2 heteroatoms. The average molecular weight is 241 g/mol. The zero-order valence-corrected chi connectivity index (χ0v) is 10.9. The molecule has 0 aliphatic heterocycles. The summed E-state index contributed by atoms with van der Waals surface area (Å²) < 4.78 is 5.81. The summed E-state index contributed by atoms with van der Waals surface area (Å²) >= 11 is 0. The predicted molar refractivity (Wildman–Crippen MR) is 74.6 cm³/mol. The molecular formula is C16H19NO. The molecule has 0 unspecified atom stereocenters. The van der Waals surface area contributed by atoms with Crippen molar-refractivity contribution in [1.82, 2.24) is 0 Å². The van der Waals surface area contributed by atoms with Crippen LogP contribution in [0.3, 0.4) is 0 Å². The molecule has 0 aliphatic carbocycles. The molecular weight excluding hydrogens is 222 g/mol.